The molecule has 0 N–H and O–H groups in total. The van der Waals surface area contributed by atoms with Gasteiger partial charge >= 0.3 is 198 Å². The van der Waals surface area contributed by atoms with Crippen LogP contribution in [0.3, 0.4) is 0 Å². The zero-order valence-corrected chi connectivity index (χ0v) is 25.1. The molecule has 0 aromatic heterocycles. The Morgan fingerprint density at radius 3 is 0.900 bits per heavy atom. The standard InChI is InChI=1S/3C8H17.C4H10N.Sn/c3*1-3-5-7-8-6-4-2;1-3-5-4-2;/h3*1,3-8H2,2H3;3-4H2,1-2H3;/q;;;-1;+1. The number of nitrogens with zero attached hydrogens (tertiary/aromatic N) is 1. The molecule has 0 saturated heterocycles. The van der Waals surface area contributed by atoms with E-state index in [4.69, 9.17) is 0 Å². The van der Waals surface area contributed by atoms with E-state index in [2.05, 4.69) is 37.7 Å². The third-order valence-corrected chi connectivity index (χ3v) is 24.1. The zero-order chi connectivity index (χ0) is 22.3. The molecule has 0 aliphatic heterocycles. The topological polar surface area (TPSA) is 3.24 Å². The van der Waals surface area contributed by atoms with Crippen LogP contribution in [-0.4, -0.2) is 34.9 Å². The first-order chi connectivity index (χ1) is 14.7. The number of unbranched alkanes of at least 4 members (excludes halogenated alkanes) is 15. The van der Waals surface area contributed by atoms with Crippen LogP contribution >= 0.6 is 0 Å². The van der Waals surface area contributed by atoms with E-state index in [9.17, 15) is 0 Å². The van der Waals surface area contributed by atoms with Crippen molar-refractivity contribution in [3.8, 4) is 0 Å². The van der Waals surface area contributed by atoms with Gasteiger partial charge in [-0.05, 0) is 0 Å². The summed E-state index contributed by atoms with van der Waals surface area (Å²) in [6.07, 6.45) is 26.5. The van der Waals surface area contributed by atoms with Gasteiger partial charge in [0, 0.05) is 0 Å². The van der Waals surface area contributed by atoms with Crippen molar-refractivity contribution < 1.29 is 0 Å². The summed E-state index contributed by atoms with van der Waals surface area (Å²) in [5.41, 5.74) is 0. The summed E-state index contributed by atoms with van der Waals surface area (Å²) in [5, 5.41) is 0. The van der Waals surface area contributed by atoms with Crippen LogP contribution in [0.15, 0.2) is 0 Å². The molecular formula is C28H61NSn. The molecule has 0 rings (SSSR count). The monoisotopic (exact) mass is 531 g/mol. The molecule has 0 radical (unpaired) electrons. The van der Waals surface area contributed by atoms with Crippen molar-refractivity contribution in [2.45, 2.75) is 164 Å². The summed E-state index contributed by atoms with van der Waals surface area (Å²) >= 11 is -2.21. The predicted molar refractivity (Wildman–Crippen MR) is 143 cm³/mol. The van der Waals surface area contributed by atoms with Gasteiger partial charge < -0.3 is 0 Å². The molecule has 2 heteroatoms. The average molecular weight is 531 g/mol. The fraction of sp³-hybridized carbons (Fsp3) is 1.00. The first-order valence-corrected chi connectivity index (χ1v) is 21.8. The van der Waals surface area contributed by atoms with Crippen molar-refractivity contribution in [3.63, 3.8) is 0 Å². The van der Waals surface area contributed by atoms with Gasteiger partial charge in [-0.15, -0.1) is 0 Å². The van der Waals surface area contributed by atoms with Crippen LogP contribution in [-0.2, 0) is 0 Å². The van der Waals surface area contributed by atoms with Gasteiger partial charge in [-0.25, -0.2) is 0 Å². The molecule has 0 fully saturated rings. The molecule has 182 valence electrons. The maximum atomic E-state index is 3.08. The van der Waals surface area contributed by atoms with E-state index < -0.39 is 18.7 Å². The fourth-order valence-electron chi connectivity index (χ4n) is 5.45. The minimum absolute atomic E-state index is 1.33. The zero-order valence-electron chi connectivity index (χ0n) is 22.2. The van der Waals surface area contributed by atoms with Crippen LogP contribution in [0.4, 0.5) is 0 Å². The van der Waals surface area contributed by atoms with Crippen molar-refractivity contribution in [2.75, 3.05) is 13.1 Å². The fourth-order valence-corrected chi connectivity index (χ4v) is 21.9. The van der Waals surface area contributed by atoms with E-state index in [1.54, 1.807) is 32.6 Å². The quantitative estimate of drug-likeness (QED) is 0.0886. The van der Waals surface area contributed by atoms with Crippen molar-refractivity contribution in [3.05, 3.63) is 0 Å². The molecule has 0 saturated carbocycles. The molecule has 0 aliphatic carbocycles. The van der Waals surface area contributed by atoms with Crippen LogP contribution in [0.2, 0.25) is 13.3 Å². The first kappa shape index (κ1) is 30.8. The van der Waals surface area contributed by atoms with Crippen LogP contribution < -0.4 is 0 Å². The van der Waals surface area contributed by atoms with Gasteiger partial charge in [0.05, 0.1) is 0 Å². The summed E-state index contributed by atoms with van der Waals surface area (Å²) in [5.74, 6) is 0. The second-order valence-corrected chi connectivity index (χ2v) is 23.0. The maximum absolute atomic E-state index is 3.08. The molecule has 30 heavy (non-hydrogen) atoms. The molecule has 0 atom stereocenters. The second-order valence-electron chi connectivity index (χ2n) is 9.95. The number of hydrogen-bond donors (Lipinski definition) is 0. The van der Waals surface area contributed by atoms with E-state index >= 15 is 0 Å². The van der Waals surface area contributed by atoms with Gasteiger partial charge in [-0.1, -0.05) is 0 Å². The summed E-state index contributed by atoms with van der Waals surface area (Å²) in [4.78, 5) is 0. The Balaban J connectivity index is 4.79. The van der Waals surface area contributed by atoms with Crippen LogP contribution in [0.25, 0.3) is 0 Å². The third kappa shape index (κ3) is 15.5. The molecule has 1 nitrogen and oxygen atoms in total. The van der Waals surface area contributed by atoms with Crippen molar-refractivity contribution in [1.29, 1.82) is 0 Å². The molecule has 0 spiro atoms. The second kappa shape index (κ2) is 22.9. The third-order valence-electron chi connectivity index (χ3n) is 7.42. The molecular weight excluding hydrogens is 469 g/mol. The predicted octanol–water partition coefficient (Wildman–Crippen LogP) is 10.4. The van der Waals surface area contributed by atoms with Crippen LogP contribution in [0.1, 0.15) is 150 Å². The Morgan fingerprint density at radius 2 is 0.633 bits per heavy atom. The van der Waals surface area contributed by atoms with Crippen LogP contribution in [0, 0.1) is 0 Å². The summed E-state index contributed by atoms with van der Waals surface area (Å²) < 4.78 is 8.06. The first-order valence-electron chi connectivity index (χ1n) is 14.5. The van der Waals surface area contributed by atoms with Crippen molar-refractivity contribution in [2.24, 2.45) is 0 Å². The van der Waals surface area contributed by atoms with Crippen molar-refractivity contribution in [1.82, 2.24) is 3.12 Å². The molecule has 0 unspecified atom stereocenters. The van der Waals surface area contributed by atoms with Gasteiger partial charge in [-0.2, -0.15) is 0 Å². The normalized spacial score (nSPS) is 12.2. The van der Waals surface area contributed by atoms with Crippen LogP contribution in [0.5, 0.6) is 0 Å². The molecule has 0 amide bonds. The molecule has 0 heterocycles. The number of rotatable bonds is 24. The Kier molecular flexibility index (Phi) is 23.5. The van der Waals surface area contributed by atoms with Gasteiger partial charge in [0.1, 0.15) is 0 Å². The molecule has 0 aromatic carbocycles. The minimum atomic E-state index is -2.21. The van der Waals surface area contributed by atoms with Gasteiger partial charge in [0.2, 0.25) is 0 Å². The van der Waals surface area contributed by atoms with E-state index in [0.717, 1.165) is 0 Å². The molecule has 0 bridgehead atoms. The van der Waals surface area contributed by atoms with Crippen molar-refractivity contribution >= 4 is 18.7 Å². The van der Waals surface area contributed by atoms with Gasteiger partial charge in [0.25, 0.3) is 0 Å². The SMILES string of the molecule is CCCCCCC[CH2][Sn]([CH2]CCCCCCC)([CH2]CCCCCCC)[N](CC)CC. The van der Waals surface area contributed by atoms with E-state index in [0.29, 0.717) is 0 Å². The number of hydrogen-bond acceptors (Lipinski definition) is 1. The van der Waals surface area contributed by atoms with E-state index in [1.165, 1.54) is 109 Å². The van der Waals surface area contributed by atoms with Gasteiger partial charge in [0.15, 0.2) is 0 Å². The van der Waals surface area contributed by atoms with E-state index in [1.807, 2.05) is 0 Å². The molecule has 0 aliphatic rings. The average Bonchev–Trinajstić information content (AvgIpc) is 2.76. The Morgan fingerprint density at radius 1 is 0.367 bits per heavy atom. The summed E-state index contributed by atoms with van der Waals surface area (Å²) in [6, 6.07) is 0. The Hall–Kier alpha value is 0.759. The van der Waals surface area contributed by atoms with E-state index in [-0.39, 0.29) is 0 Å². The Labute approximate surface area is 197 Å². The molecule has 0 aromatic rings. The Bertz CT molecular complexity index is 286. The summed E-state index contributed by atoms with van der Waals surface area (Å²) in [7, 11) is 0. The van der Waals surface area contributed by atoms with Gasteiger partial charge in [-0.3, -0.25) is 0 Å². The summed E-state index contributed by atoms with van der Waals surface area (Å²) in [6.45, 7) is 14.6.